The predicted octanol–water partition coefficient (Wildman–Crippen LogP) is 2.79. The van der Waals surface area contributed by atoms with Gasteiger partial charge in [-0.15, -0.1) is 0 Å². The van der Waals surface area contributed by atoms with E-state index >= 15 is 0 Å². The van der Waals surface area contributed by atoms with Gasteiger partial charge in [-0.25, -0.2) is 14.8 Å². The molecule has 0 bridgehead atoms. The van der Waals surface area contributed by atoms with E-state index in [1.54, 1.807) is 12.4 Å². The fourth-order valence-corrected chi connectivity index (χ4v) is 4.47. The van der Waals surface area contributed by atoms with Crippen LogP contribution in [-0.4, -0.2) is 69.4 Å². The second kappa shape index (κ2) is 9.53. The number of carboxylic acid groups (broad SMARTS) is 1. The Hall–Kier alpha value is -3.53. The van der Waals surface area contributed by atoms with E-state index in [2.05, 4.69) is 47.6 Å². The van der Waals surface area contributed by atoms with Crippen molar-refractivity contribution in [2.45, 2.75) is 37.8 Å². The number of hydrogen-bond donors (Lipinski definition) is 3. The number of ether oxygens (including phenoxy) is 1. The fourth-order valence-electron chi connectivity index (χ4n) is 4.47. The Bertz CT molecular complexity index is 1110. The lowest BCUT2D eigenvalue weighted by molar-refractivity contribution is 0.0696. The summed E-state index contributed by atoms with van der Waals surface area (Å²) >= 11 is 0. The number of benzene rings is 1. The van der Waals surface area contributed by atoms with Gasteiger partial charge in [-0.1, -0.05) is 0 Å². The number of aromatic nitrogens is 4. The third-order valence-corrected chi connectivity index (χ3v) is 6.25. The van der Waals surface area contributed by atoms with E-state index in [0.29, 0.717) is 12.0 Å². The van der Waals surface area contributed by atoms with Crippen molar-refractivity contribution in [1.29, 1.82) is 0 Å². The second-order valence-corrected chi connectivity index (χ2v) is 8.45. The summed E-state index contributed by atoms with van der Waals surface area (Å²) in [5.74, 6) is -0.557. The number of nitrogens with zero attached hydrogens (tertiary/aromatic N) is 5. The molecule has 0 unspecified atom stereocenters. The van der Waals surface area contributed by atoms with Crippen molar-refractivity contribution in [3.05, 3.63) is 42.5 Å². The smallest absolute Gasteiger partial charge is 0.338 e. The maximum Gasteiger partial charge on any atom is 0.338 e. The SMILES string of the molecule is O=C(O)c1cnc(N[C@H]2CC[C@@H](Nc3cc(N4CCOCC4)cc4nccnc34)CC2)nc1. The van der Waals surface area contributed by atoms with Crippen molar-refractivity contribution in [1.82, 2.24) is 19.9 Å². The van der Waals surface area contributed by atoms with Crippen LogP contribution in [0.25, 0.3) is 11.0 Å². The van der Waals surface area contributed by atoms with Crippen molar-refractivity contribution in [2.24, 2.45) is 0 Å². The molecular formula is C23H27N7O3. The van der Waals surface area contributed by atoms with Gasteiger partial charge < -0.3 is 25.4 Å². The lowest BCUT2D eigenvalue weighted by atomic mass is 9.91. The van der Waals surface area contributed by atoms with Crippen molar-refractivity contribution in [3.8, 4) is 0 Å². The zero-order valence-corrected chi connectivity index (χ0v) is 18.3. The number of carbonyl (C=O) groups is 1. The number of aromatic carboxylic acids is 1. The molecule has 5 rings (SSSR count). The maximum atomic E-state index is 11.0. The number of hydrogen-bond acceptors (Lipinski definition) is 9. The minimum Gasteiger partial charge on any atom is -0.478 e. The molecule has 2 aromatic heterocycles. The van der Waals surface area contributed by atoms with Gasteiger partial charge >= 0.3 is 5.97 Å². The first-order valence-electron chi connectivity index (χ1n) is 11.3. The normalized spacial score (nSPS) is 21.0. The van der Waals surface area contributed by atoms with Crippen molar-refractivity contribution >= 4 is 34.3 Å². The van der Waals surface area contributed by atoms with Crippen LogP contribution in [0.2, 0.25) is 0 Å². The van der Waals surface area contributed by atoms with Gasteiger partial charge in [0.15, 0.2) is 0 Å². The summed E-state index contributed by atoms with van der Waals surface area (Å²) < 4.78 is 5.50. The first-order valence-corrected chi connectivity index (χ1v) is 11.3. The van der Waals surface area contributed by atoms with Gasteiger partial charge in [0.05, 0.1) is 30.0 Å². The second-order valence-electron chi connectivity index (χ2n) is 8.45. The summed E-state index contributed by atoms with van der Waals surface area (Å²) in [5, 5.41) is 16.0. The van der Waals surface area contributed by atoms with Gasteiger partial charge in [-0.3, -0.25) is 9.97 Å². The molecule has 1 aliphatic heterocycles. The van der Waals surface area contributed by atoms with Crippen LogP contribution >= 0.6 is 0 Å². The van der Waals surface area contributed by atoms with Gasteiger partial charge in [0.1, 0.15) is 5.52 Å². The van der Waals surface area contributed by atoms with Gasteiger partial charge in [-0.2, -0.15) is 0 Å². The van der Waals surface area contributed by atoms with E-state index in [1.165, 1.54) is 12.4 Å². The van der Waals surface area contributed by atoms with Gasteiger partial charge in [0, 0.05) is 55.6 Å². The Kier molecular flexibility index (Phi) is 6.16. The maximum absolute atomic E-state index is 11.0. The zero-order valence-electron chi connectivity index (χ0n) is 18.3. The summed E-state index contributed by atoms with van der Waals surface area (Å²) in [6, 6.07) is 4.89. The van der Waals surface area contributed by atoms with Crippen LogP contribution in [0.4, 0.5) is 17.3 Å². The molecule has 10 nitrogen and oxygen atoms in total. The highest BCUT2D eigenvalue weighted by molar-refractivity contribution is 5.91. The molecule has 1 saturated carbocycles. The number of rotatable bonds is 6. The highest BCUT2D eigenvalue weighted by atomic mass is 16.5. The Balaban J connectivity index is 1.24. The highest BCUT2D eigenvalue weighted by Crippen LogP contribution is 2.31. The van der Waals surface area contributed by atoms with Crippen molar-refractivity contribution in [2.75, 3.05) is 41.8 Å². The molecule has 1 aromatic carbocycles. The topological polar surface area (TPSA) is 125 Å². The van der Waals surface area contributed by atoms with Gasteiger partial charge in [0.25, 0.3) is 0 Å². The van der Waals surface area contributed by atoms with E-state index in [4.69, 9.17) is 9.84 Å². The molecule has 3 heterocycles. The van der Waals surface area contributed by atoms with E-state index < -0.39 is 5.97 Å². The average Bonchev–Trinajstić information content (AvgIpc) is 2.86. The molecule has 10 heteroatoms. The van der Waals surface area contributed by atoms with Crippen LogP contribution in [0.5, 0.6) is 0 Å². The number of morpholine rings is 1. The van der Waals surface area contributed by atoms with Crippen molar-refractivity contribution in [3.63, 3.8) is 0 Å². The highest BCUT2D eigenvalue weighted by Gasteiger charge is 2.23. The number of nitrogens with one attached hydrogen (secondary N) is 2. The van der Waals surface area contributed by atoms with Crippen LogP contribution in [0, 0.1) is 0 Å². The Labute approximate surface area is 191 Å². The third kappa shape index (κ3) is 4.95. The Morgan fingerprint density at radius 2 is 1.61 bits per heavy atom. The molecule has 3 N–H and O–H groups in total. The predicted molar refractivity (Wildman–Crippen MR) is 125 cm³/mol. The standard InChI is InChI=1S/C23H27N7O3/c31-22(32)15-13-26-23(27-14-15)29-17-3-1-16(2-4-17)28-20-12-18(30-7-9-33-10-8-30)11-19-21(20)25-6-5-24-19/h5-6,11-14,16-17,28H,1-4,7-10H2,(H,31,32)(H,26,27,29)/t16-,17+. The lowest BCUT2D eigenvalue weighted by Gasteiger charge is -2.32. The van der Waals surface area contributed by atoms with E-state index in [9.17, 15) is 4.79 Å². The van der Waals surface area contributed by atoms with Gasteiger partial charge in [0.2, 0.25) is 5.95 Å². The summed E-state index contributed by atoms with van der Waals surface area (Å²) in [5.41, 5.74) is 4.03. The largest absolute Gasteiger partial charge is 0.478 e. The molecule has 0 amide bonds. The molecule has 3 aromatic rings. The fraction of sp³-hybridized carbons (Fsp3) is 0.435. The summed E-state index contributed by atoms with van der Waals surface area (Å²) in [6.45, 7) is 3.22. The molecule has 0 spiro atoms. The number of anilines is 3. The van der Waals surface area contributed by atoms with Gasteiger partial charge in [-0.05, 0) is 37.8 Å². The molecule has 0 radical (unpaired) electrons. The summed E-state index contributed by atoms with van der Waals surface area (Å²) in [6.07, 6.45) is 10.1. The average molecular weight is 450 g/mol. The molecule has 2 aliphatic rings. The van der Waals surface area contributed by atoms with Crippen LogP contribution < -0.4 is 15.5 Å². The van der Waals surface area contributed by atoms with E-state index in [0.717, 1.165) is 74.4 Å². The molecule has 1 saturated heterocycles. The number of carboxylic acids is 1. The first-order chi connectivity index (χ1) is 16.2. The third-order valence-electron chi connectivity index (χ3n) is 6.25. The lowest BCUT2D eigenvalue weighted by Crippen LogP contribution is -2.36. The van der Waals surface area contributed by atoms with Crippen molar-refractivity contribution < 1.29 is 14.6 Å². The Morgan fingerprint density at radius 1 is 0.939 bits per heavy atom. The van der Waals surface area contributed by atoms with Crippen LogP contribution in [0.1, 0.15) is 36.0 Å². The minimum absolute atomic E-state index is 0.0862. The first kappa shape index (κ1) is 21.3. The van der Waals surface area contributed by atoms with Crippen LogP contribution in [0.3, 0.4) is 0 Å². The van der Waals surface area contributed by atoms with Crippen LogP contribution in [0.15, 0.2) is 36.9 Å². The molecule has 33 heavy (non-hydrogen) atoms. The summed E-state index contributed by atoms with van der Waals surface area (Å²) in [4.78, 5) is 30.7. The molecule has 2 fully saturated rings. The molecule has 172 valence electrons. The monoisotopic (exact) mass is 449 g/mol. The quantitative estimate of drug-likeness (QED) is 0.517. The molecule has 0 atom stereocenters. The van der Waals surface area contributed by atoms with E-state index in [1.807, 2.05) is 0 Å². The molecular weight excluding hydrogens is 422 g/mol. The van der Waals surface area contributed by atoms with Crippen LogP contribution in [-0.2, 0) is 4.74 Å². The minimum atomic E-state index is -1.02. The summed E-state index contributed by atoms with van der Waals surface area (Å²) in [7, 11) is 0. The van der Waals surface area contributed by atoms with E-state index in [-0.39, 0.29) is 11.6 Å². The number of fused-ring (bicyclic) bond motifs is 1. The Morgan fingerprint density at radius 3 is 2.30 bits per heavy atom. The molecule has 1 aliphatic carbocycles. The zero-order chi connectivity index (χ0) is 22.6.